The molecule has 0 fully saturated rings. The Labute approximate surface area is 79.0 Å². The van der Waals surface area contributed by atoms with Crippen LogP contribution in [0.2, 0.25) is 25.7 Å². The molecule has 0 aromatic heterocycles. The van der Waals surface area contributed by atoms with Crippen LogP contribution in [0.15, 0.2) is 0 Å². The van der Waals surface area contributed by atoms with Crippen molar-refractivity contribution in [2.24, 2.45) is 0 Å². The number of unbranched alkanes of at least 4 members (excludes halogenated alkanes) is 2. The Morgan fingerprint density at radius 2 is 1.60 bits per heavy atom. The number of hydrogen-bond acceptors (Lipinski definition) is 0. The quantitative estimate of drug-likeness (QED) is 0.308. The molecule has 0 radical (unpaired) electrons. The largest absolute Gasteiger partial charge is 1.00 e. The van der Waals surface area contributed by atoms with E-state index in [0.717, 1.165) is 6.42 Å². The molecular weight excluding hydrogens is 131 g/mol. The second kappa shape index (κ2) is 6.52. The molecule has 0 aliphatic carbocycles. The van der Waals surface area contributed by atoms with Crippen molar-refractivity contribution in [1.82, 2.24) is 0 Å². The van der Waals surface area contributed by atoms with Crippen LogP contribution in [-0.4, -0.2) is 8.07 Å². The van der Waals surface area contributed by atoms with Crippen LogP contribution < -0.4 is 18.9 Å². The van der Waals surface area contributed by atoms with E-state index in [1.54, 1.807) is 0 Å². The Balaban J connectivity index is 0. The van der Waals surface area contributed by atoms with Crippen LogP contribution in [0.4, 0.5) is 0 Å². The van der Waals surface area contributed by atoms with E-state index in [0.29, 0.717) is 0 Å². The van der Waals surface area contributed by atoms with Crippen molar-refractivity contribution in [2.45, 2.75) is 44.9 Å². The molecule has 0 aliphatic rings. The maximum atomic E-state index is 3.82. The molecule has 0 atom stereocenters. The maximum Gasteiger partial charge on any atom is 1.00 e. The van der Waals surface area contributed by atoms with Gasteiger partial charge in [-0.25, -0.2) is 0 Å². The molecule has 10 heavy (non-hydrogen) atoms. The van der Waals surface area contributed by atoms with Crippen LogP contribution in [0.5, 0.6) is 0 Å². The molecule has 0 saturated heterocycles. The smallest absolute Gasteiger partial charge is 0.343 e. The molecule has 0 aromatic carbocycles. The summed E-state index contributed by atoms with van der Waals surface area (Å²) < 4.78 is 0. The molecule has 0 unspecified atom stereocenters. The van der Waals surface area contributed by atoms with Gasteiger partial charge in [-0.3, -0.25) is 0 Å². The SMILES string of the molecule is [CH2-]CCCC[Si](C)(C)C.[Li+]. The molecule has 0 bridgehead atoms. The maximum absolute atomic E-state index is 3.82. The van der Waals surface area contributed by atoms with E-state index in [-0.39, 0.29) is 18.9 Å². The van der Waals surface area contributed by atoms with Gasteiger partial charge in [0.25, 0.3) is 0 Å². The van der Waals surface area contributed by atoms with E-state index in [4.69, 9.17) is 0 Å². The van der Waals surface area contributed by atoms with Gasteiger partial charge in [-0.2, -0.15) is 6.42 Å². The zero-order chi connectivity index (χ0) is 7.33. The van der Waals surface area contributed by atoms with Crippen molar-refractivity contribution < 1.29 is 18.9 Å². The van der Waals surface area contributed by atoms with Gasteiger partial charge < -0.3 is 6.92 Å². The first-order valence-corrected chi connectivity index (χ1v) is 7.56. The van der Waals surface area contributed by atoms with Crippen LogP contribution in [0.1, 0.15) is 19.3 Å². The molecular formula is C8H19LiSi. The Bertz CT molecular complexity index is 66.1. The monoisotopic (exact) mass is 150 g/mol. The summed E-state index contributed by atoms with van der Waals surface area (Å²) in [7, 11) is -0.722. The Kier molecular flexibility index (Phi) is 8.74. The van der Waals surface area contributed by atoms with Crippen molar-refractivity contribution in [2.75, 3.05) is 0 Å². The topological polar surface area (TPSA) is 0 Å². The second-order valence-corrected chi connectivity index (χ2v) is 9.49. The first-order chi connectivity index (χ1) is 4.06. The second-order valence-electron chi connectivity index (χ2n) is 3.87. The Morgan fingerprint density at radius 3 is 1.90 bits per heavy atom. The van der Waals surface area contributed by atoms with Crippen LogP contribution >= 0.6 is 0 Å². The van der Waals surface area contributed by atoms with Crippen LogP contribution in [0, 0.1) is 6.92 Å². The normalized spacial score (nSPS) is 10.8. The minimum absolute atomic E-state index is 0. The summed E-state index contributed by atoms with van der Waals surface area (Å²) in [6.07, 6.45) is 3.84. The fourth-order valence-electron chi connectivity index (χ4n) is 0.832. The molecule has 0 amide bonds. The fraction of sp³-hybridized carbons (Fsp3) is 0.875. The van der Waals surface area contributed by atoms with Crippen molar-refractivity contribution in [3.8, 4) is 0 Å². The van der Waals surface area contributed by atoms with E-state index in [2.05, 4.69) is 26.6 Å². The Morgan fingerprint density at radius 1 is 1.10 bits per heavy atom. The number of hydrogen-bond donors (Lipinski definition) is 0. The fourth-order valence-corrected chi connectivity index (χ4v) is 2.14. The van der Waals surface area contributed by atoms with Gasteiger partial charge in [-0.1, -0.05) is 38.5 Å². The summed E-state index contributed by atoms with van der Waals surface area (Å²) >= 11 is 0. The van der Waals surface area contributed by atoms with E-state index in [1.807, 2.05) is 0 Å². The van der Waals surface area contributed by atoms with Gasteiger partial charge >= 0.3 is 18.9 Å². The zero-order valence-corrected chi connectivity index (χ0v) is 9.04. The molecule has 0 rings (SSSR count). The molecule has 0 N–H and O–H groups in total. The van der Waals surface area contributed by atoms with Crippen molar-refractivity contribution >= 4 is 8.07 Å². The summed E-state index contributed by atoms with van der Waals surface area (Å²) in [6, 6.07) is 1.47. The van der Waals surface area contributed by atoms with Crippen LogP contribution in [0.25, 0.3) is 0 Å². The first kappa shape index (κ1) is 13.4. The third-order valence-corrected chi connectivity index (χ3v) is 3.28. The summed E-state index contributed by atoms with van der Waals surface area (Å²) in [5.74, 6) is 0. The predicted molar refractivity (Wildman–Crippen MR) is 47.4 cm³/mol. The predicted octanol–water partition coefficient (Wildman–Crippen LogP) is 0.333. The van der Waals surface area contributed by atoms with Crippen molar-refractivity contribution in [3.05, 3.63) is 6.92 Å². The first-order valence-electron chi connectivity index (χ1n) is 3.85. The average Bonchev–Trinajstić information content (AvgIpc) is 1.63. The van der Waals surface area contributed by atoms with Gasteiger partial charge in [0, 0.05) is 8.07 Å². The third kappa shape index (κ3) is 11.6. The van der Waals surface area contributed by atoms with Crippen LogP contribution in [0.3, 0.4) is 0 Å². The van der Waals surface area contributed by atoms with Crippen molar-refractivity contribution in [1.29, 1.82) is 0 Å². The molecule has 0 aromatic rings. The molecule has 0 spiro atoms. The van der Waals surface area contributed by atoms with Gasteiger partial charge in [0.1, 0.15) is 0 Å². The standard InChI is InChI=1S/C8H19Si.Li/c1-5-6-7-8-9(2,3)4;/h1,5-8H2,2-4H3;/q-1;+1. The minimum atomic E-state index is -0.722. The molecule has 56 valence electrons. The molecule has 0 nitrogen and oxygen atoms in total. The van der Waals surface area contributed by atoms with E-state index in [1.165, 1.54) is 18.9 Å². The average molecular weight is 150 g/mol. The van der Waals surface area contributed by atoms with Gasteiger partial charge in [0.15, 0.2) is 0 Å². The summed E-state index contributed by atoms with van der Waals surface area (Å²) in [6.45, 7) is 11.1. The Hall–Kier alpha value is 0.814. The zero-order valence-electron chi connectivity index (χ0n) is 8.04. The summed E-state index contributed by atoms with van der Waals surface area (Å²) in [5.41, 5.74) is 0. The molecule has 0 heterocycles. The van der Waals surface area contributed by atoms with Crippen LogP contribution in [-0.2, 0) is 0 Å². The number of rotatable bonds is 4. The van der Waals surface area contributed by atoms with Gasteiger partial charge in [-0.05, 0) is 0 Å². The molecule has 2 heteroatoms. The molecule has 0 aliphatic heterocycles. The van der Waals surface area contributed by atoms with Gasteiger partial charge in [-0.15, -0.1) is 0 Å². The summed E-state index contributed by atoms with van der Waals surface area (Å²) in [4.78, 5) is 0. The van der Waals surface area contributed by atoms with Crippen molar-refractivity contribution in [3.63, 3.8) is 0 Å². The minimum Gasteiger partial charge on any atom is -0.343 e. The van der Waals surface area contributed by atoms with E-state index in [9.17, 15) is 0 Å². The van der Waals surface area contributed by atoms with E-state index >= 15 is 0 Å². The molecule has 0 saturated carbocycles. The summed E-state index contributed by atoms with van der Waals surface area (Å²) in [5, 5.41) is 0. The van der Waals surface area contributed by atoms with E-state index < -0.39 is 8.07 Å². The van der Waals surface area contributed by atoms with Gasteiger partial charge in [0.05, 0.1) is 0 Å². The third-order valence-electron chi connectivity index (χ3n) is 1.43. The van der Waals surface area contributed by atoms with Gasteiger partial charge in [0.2, 0.25) is 0 Å².